The first-order chi connectivity index (χ1) is 30.8. The van der Waals surface area contributed by atoms with E-state index in [1.54, 1.807) is 39.8 Å². The van der Waals surface area contributed by atoms with Gasteiger partial charge in [-0.2, -0.15) is 0 Å². The number of likely N-dealkylation sites (tertiary alicyclic amines) is 2. The number of anilines is 1. The largest absolute Gasteiger partial charge is 0.465 e. The predicted octanol–water partition coefficient (Wildman–Crippen LogP) is 5.97. The molecule has 6 aliphatic rings. The second-order valence-corrected chi connectivity index (χ2v) is 19.1. The number of para-hydroxylation sites is 1. The molecule has 4 bridgehead atoms. The highest BCUT2D eigenvalue weighted by molar-refractivity contribution is 6.00. The number of benzene rings is 3. The van der Waals surface area contributed by atoms with Gasteiger partial charge in [0.1, 0.15) is 11.1 Å². The van der Waals surface area contributed by atoms with Gasteiger partial charge in [-0.3, -0.25) is 39.6 Å². The van der Waals surface area contributed by atoms with E-state index in [1.807, 2.05) is 78.9 Å². The van der Waals surface area contributed by atoms with E-state index in [1.165, 1.54) is 0 Å². The molecule has 8 atom stereocenters. The minimum Gasteiger partial charge on any atom is -0.465 e. The molecule has 2 fully saturated rings. The van der Waals surface area contributed by atoms with E-state index in [-0.39, 0.29) is 12.8 Å². The lowest BCUT2D eigenvalue weighted by molar-refractivity contribution is -0.161. The molecule has 3 aromatic rings. The lowest BCUT2D eigenvalue weighted by Crippen LogP contribution is -2.74. The molecule has 2 unspecified atom stereocenters. The Bertz CT molecular complexity index is 2220. The third-order valence-electron chi connectivity index (χ3n) is 15.3. The smallest absolute Gasteiger partial charge is 0.411 e. The number of amides is 6. The van der Waals surface area contributed by atoms with Crippen molar-refractivity contribution in [3.05, 3.63) is 126 Å². The number of rotatable bonds is 13. The summed E-state index contributed by atoms with van der Waals surface area (Å²) in [4.78, 5) is 90.4. The molecule has 15 nitrogen and oxygen atoms in total. The van der Waals surface area contributed by atoms with Crippen LogP contribution in [0, 0.1) is 22.7 Å². The Morgan fingerprint density at radius 3 is 1.32 bits per heavy atom. The van der Waals surface area contributed by atoms with Crippen LogP contribution in [-0.2, 0) is 43.1 Å². The van der Waals surface area contributed by atoms with Crippen LogP contribution in [0.1, 0.15) is 88.5 Å². The Kier molecular flexibility index (Phi) is 12.6. The summed E-state index contributed by atoms with van der Waals surface area (Å²) in [6.45, 7) is 15.4. The number of fused-ring (bicyclic) bond motifs is 10. The van der Waals surface area contributed by atoms with Gasteiger partial charge >= 0.3 is 12.2 Å². The minimum absolute atomic E-state index is 0.188. The molecular weight excluding hydrogens is 827 g/mol. The van der Waals surface area contributed by atoms with Crippen LogP contribution in [0.2, 0.25) is 0 Å². The molecule has 344 valence electrons. The van der Waals surface area contributed by atoms with Crippen molar-refractivity contribution in [3.8, 4) is 0 Å². The van der Waals surface area contributed by atoms with Crippen molar-refractivity contribution in [1.82, 2.24) is 20.4 Å². The topological polar surface area (TPSA) is 229 Å². The van der Waals surface area contributed by atoms with Gasteiger partial charge in [-0.15, -0.1) is 13.2 Å². The number of hydrogen-bond acceptors (Lipinski definition) is 9. The van der Waals surface area contributed by atoms with Crippen LogP contribution in [0.5, 0.6) is 0 Å². The monoisotopic (exact) mass is 887 g/mol. The van der Waals surface area contributed by atoms with E-state index in [0.29, 0.717) is 55.3 Å². The lowest BCUT2D eigenvalue weighted by Gasteiger charge is -2.61. The van der Waals surface area contributed by atoms with E-state index < -0.39 is 94.0 Å². The highest BCUT2D eigenvalue weighted by Crippen LogP contribution is 2.59. The van der Waals surface area contributed by atoms with E-state index >= 15 is 9.59 Å². The van der Waals surface area contributed by atoms with Gasteiger partial charge in [0.05, 0.1) is 12.3 Å². The van der Waals surface area contributed by atoms with E-state index in [4.69, 9.17) is 11.5 Å². The average molecular weight is 888 g/mol. The van der Waals surface area contributed by atoms with Gasteiger partial charge < -0.3 is 26.6 Å². The summed E-state index contributed by atoms with van der Waals surface area (Å²) in [6, 6.07) is 23.2. The zero-order valence-corrected chi connectivity index (χ0v) is 37.5. The Morgan fingerprint density at radius 2 is 1.00 bits per heavy atom. The number of carbonyl (C=O) groups is 6. The molecule has 4 aliphatic carbocycles. The van der Waals surface area contributed by atoms with E-state index in [9.17, 15) is 29.4 Å². The van der Waals surface area contributed by atoms with Crippen molar-refractivity contribution in [2.45, 2.75) is 115 Å². The SMILES string of the molecule is C=CC[C@H]1CC[C@H](N(c2ccccc2)[C@H]2CC[C@H](CC=C)N2[C@]2(C(=O)NC(=O)O)c3ccc(cc3)CC(C(N)=O)C2(C)C)N1[C@]1(C(=O)NC(=O)O)c2ccc(cc2)CC(C(N)=O)C1(C)C. The third-order valence-corrected chi connectivity index (χ3v) is 15.3. The van der Waals surface area contributed by atoms with Gasteiger partial charge in [-0.05, 0) is 85.8 Å². The molecule has 6 amide bonds. The van der Waals surface area contributed by atoms with Crippen LogP contribution < -0.4 is 27.0 Å². The fourth-order valence-electron chi connectivity index (χ4n) is 12.6. The summed E-state index contributed by atoms with van der Waals surface area (Å²) in [5.74, 6) is -4.93. The molecule has 0 saturated carbocycles. The van der Waals surface area contributed by atoms with Crippen LogP contribution in [0.15, 0.2) is 104 Å². The summed E-state index contributed by atoms with van der Waals surface area (Å²) in [5.41, 5.74) is 9.30. The van der Waals surface area contributed by atoms with Crippen LogP contribution in [-0.4, -0.2) is 80.2 Å². The number of nitrogens with one attached hydrogen (secondary N) is 2. The van der Waals surface area contributed by atoms with Crippen LogP contribution in [0.3, 0.4) is 0 Å². The van der Waals surface area contributed by atoms with Gasteiger partial charge in [0, 0.05) is 40.4 Å². The molecule has 2 aliphatic heterocycles. The summed E-state index contributed by atoms with van der Waals surface area (Å²) in [6.07, 6.45) is 1.79. The molecule has 0 spiro atoms. The molecule has 9 rings (SSSR count). The Balaban J connectivity index is 1.59. The maximum absolute atomic E-state index is 15.5. The number of carbonyl (C=O) groups excluding carboxylic acids is 4. The quantitative estimate of drug-likeness (QED) is 0.110. The molecule has 2 saturated heterocycles. The van der Waals surface area contributed by atoms with E-state index in [2.05, 4.69) is 38.5 Å². The van der Waals surface area contributed by atoms with Crippen molar-refractivity contribution >= 4 is 41.5 Å². The first-order valence-corrected chi connectivity index (χ1v) is 22.3. The number of hydrogen-bond donors (Lipinski definition) is 6. The second-order valence-electron chi connectivity index (χ2n) is 19.1. The zero-order valence-electron chi connectivity index (χ0n) is 37.5. The number of imide groups is 2. The predicted molar refractivity (Wildman–Crippen MR) is 245 cm³/mol. The Morgan fingerprint density at radius 1 is 0.631 bits per heavy atom. The summed E-state index contributed by atoms with van der Waals surface area (Å²) < 4.78 is 0. The standard InChI is InChI=1S/C50H61N7O8/c1-7-12-35-24-26-39(56(35)49(43(60)53-45(62)63)32-20-16-30(17-21-32)28-37(41(51)58)47(49,3)4)55(34-14-10-9-11-15-34)40-27-25-36(13-8-2)57(40)50(44(61)54-46(64)65)33-22-18-31(19-23-33)29-38(42(52)59)48(50,5)6/h7-11,14-23,35-40H,1-2,12-13,24-29H2,3-6H3,(H2,51,58)(H2,52,59)(H,53,60)(H,54,61)(H,62,63)(H,64,65)/t35-,36-,37?,38?,39+,40+,49-,50-/m0/s1. The first kappa shape index (κ1) is 46.7. The van der Waals surface area contributed by atoms with Gasteiger partial charge in [0.2, 0.25) is 11.8 Å². The van der Waals surface area contributed by atoms with Crippen LogP contribution in [0.4, 0.5) is 15.3 Å². The lowest BCUT2D eigenvalue weighted by atomic mass is 9.57. The van der Waals surface area contributed by atoms with Crippen molar-refractivity contribution in [2.24, 2.45) is 34.1 Å². The molecule has 0 radical (unpaired) electrons. The molecule has 8 N–H and O–H groups in total. The molecule has 3 aromatic carbocycles. The molecule has 2 heterocycles. The highest BCUT2D eigenvalue weighted by Gasteiger charge is 2.68. The Hall–Kier alpha value is -6.32. The molecule has 0 aromatic heterocycles. The van der Waals surface area contributed by atoms with Crippen LogP contribution >= 0.6 is 0 Å². The maximum atomic E-state index is 15.5. The number of primary amides is 2. The van der Waals surface area contributed by atoms with Gasteiger partial charge in [-0.1, -0.05) is 107 Å². The highest BCUT2D eigenvalue weighted by atomic mass is 16.4. The normalized spacial score (nSPS) is 29.0. The van der Waals surface area contributed by atoms with Gasteiger partial charge in [0.25, 0.3) is 11.8 Å². The van der Waals surface area contributed by atoms with Crippen molar-refractivity contribution < 1.29 is 39.0 Å². The summed E-state index contributed by atoms with van der Waals surface area (Å²) >= 11 is 0. The fraction of sp³-hybridized carbons (Fsp3) is 0.440. The number of carboxylic acid groups (broad SMARTS) is 2. The fourth-order valence-corrected chi connectivity index (χ4v) is 12.6. The molecule has 65 heavy (non-hydrogen) atoms. The molecule has 15 heteroatoms. The summed E-state index contributed by atoms with van der Waals surface area (Å²) in [7, 11) is 0. The summed E-state index contributed by atoms with van der Waals surface area (Å²) in [5, 5.41) is 25.2. The third kappa shape index (κ3) is 7.38. The average Bonchev–Trinajstić information content (AvgIpc) is 3.83. The van der Waals surface area contributed by atoms with E-state index in [0.717, 1.165) is 11.1 Å². The Labute approximate surface area is 379 Å². The maximum Gasteiger partial charge on any atom is 0.411 e. The first-order valence-electron chi connectivity index (χ1n) is 22.3. The van der Waals surface area contributed by atoms with Crippen molar-refractivity contribution in [2.75, 3.05) is 4.90 Å². The second kappa shape index (κ2) is 17.6. The number of nitrogens with two attached hydrogens (primary N) is 2. The van der Waals surface area contributed by atoms with Crippen molar-refractivity contribution in [3.63, 3.8) is 0 Å². The number of nitrogens with zero attached hydrogens (tertiary/aromatic N) is 3. The van der Waals surface area contributed by atoms with Gasteiger partial charge in [0.15, 0.2) is 0 Å². The minimum atomic E-state index is -1.89. The van der Waals surface area contributed by atoms with Gasteiger partial charge in [-0.25, -0.2) is 9.59 Å². The van der Waals surface area contributed by atoms with Crippen molar-refractivity contribution in [1.29, 1.82) is 0 Å². The van der Waals surface area contributed by atoms with Crippen LogP contribution in [0.25, 0.3) is 0 Å². The molecular formula is C50H61N7O8. The zero-order chi connectivity index (χ0) is 47.2.